The first-order chi connectivity index (χ1) is 5.10. The first-order valence-corrected chi connectivity index (χ1v) is 2.94. The van der Waals surface area contributed by atoms with Crippen molar-refractivity contribution in [3.8, 4) is 0 Å². The van der Waals surface area contributed by atoms with Crippen LogP contribution < -0.4 is 0 Å². The Kier molecular flexibility index (Phi) is 3.08. The molecule has 0 aromatic heterocycles. The zero-order valence-corrected chi connectivity index (χ0v) is 6.26. The third-order valence-corrected chi connectivity index (χ3v) is 1.52. The van der Waals surface area contributed by atoms with Crippen molar-refractivity contribution in [1.29, 1.82) is 0 Å². The predicted molar refractivity (Wildman–Crippen MR) is 32.0 cm³/mol. The molecule has 72 valence electrons. The molecule has 0 aliphatic rings. The van der Waals surface area contributed by atoms with Crippen LogP contribution in [0.2, 0.25) is 0 Å². The van der Waals surface area contributed by atoms with E-state index < -0.39 is 23.2 Å². The molecule has 0 rings (SSSR count). The normalized spacial score (nSPS) is 17.7. The van der Waals surface area contributed by atoms with Gasteiger partial charge in [-0.15, -0.1) is 0 Å². The van der Waals surface area contributed by atoms with Gasteiger partial charge in [0.2, 0.25) is 0 Å². The highest BCUT2D eigenvalue weighted by Crippen LogP contribution is 2.40. The topological polar surface area (TPSA) is 20.2 Å². The Hall–Kier alpha value is -0.360. The number of alkyl halides is 6. The van der Waals surface area contributed by atoms with Gasteiger partial charge in [0.1, 0.15) is 0 Å². The maximum Gasteiger partial charge on any atom is 0.435 e. The summed E-state index contributed by atoms with van der Waals surface area (Å²) in [6, 6.07) is 0. The minimum absolute atomic E-state index is 1.78. The van der Waals surface area contributed by atoms with Crippen LogP contribution in [0.1, 0.15) is 0 Å². The van der Waals surface area contributed by atoms with Gasteiger partial charge in [0.25, 0.3) is 11.5 Å². The van der Waals surface area contributed by atoms with Gasteiger partial charge in [-0.05, 0) is 0 Å². The van der Waals surface area contributed by atoms with Gasteiger partial charge >= 0.3 is 6.18 Å². The lowest BCUT2D eigenvalue weighted by atomic mass is 10.1. The fourth-order valence-electron chi connectivity index (χ4n) is 0.327. The summed E-state index contributed by atoms with van der Waals surface area (Å²) < 4.78 is 58.2. The van der Waals surface area contributed by atoms with Crippen molar-refractivity contribution in [2.24, 2.45) is 0 Å². The number of hydrogen-bond donors (Lipinski definition) is 1. The van der Waals surface area contributed by atoms with Crippen LogP contribution in [0.25, 0.3) is 0 Å². The number of halogens is 6. The van der Waals surface area contributed by atoms with Gasteiger partial charge in [-0.1, -0.05) is 18.2 Å². The lowest BCUT2D eigenvalue weighted by molar-refractivity contribution is -0.214. The molecule has 0 aromatic rings. The standard InChI is InChI=1S/C5H4ClF5O/c1-2(3(7)8)4(6,12)5(9,10)11/h3,12H,1H2. The second-order valence-corrected chi connectivity index (χ2v) is 2.49. The van der Waals surface area contributed by atoms with Crippen molar-refractivity contribution >= 4 is 11.6 Å². The maximum absolute atomic E-state index is 11.7. The van der Waals surface area contributed by atoms with Crippen LogP contribution in [0.15, 0.2) is 12.2 Å². The first-order valence-electron chi connectivity index (χ1n) is 2.56. The third-order valence-electron chi connectivity index (χ3n) is 1.06. The van der Waals surface area contributed by atoms with Crippen LogP contribution in [0.3, 0.4) is 0 Å². The molecule has 0 saturated carbocycles. The average molecular weight is 211 g/mol. The quantitative estimate of drug-likeness (QED) is 0.421. The van der Waals surface area contributed by atoms with Gasteiger partial charge in [0, 0.05) is 5.57 Å². The molecule has 1 nitrogen and oxygen atoms in total. The Morgan fingerprint density at radius 3 is 1.75 bits per heavy atom. The summed E-state index contributed by atoms with van der Waals surface area (Å²) in [4.78, 5) is 0. The largest absolute Gasteiger partial charge is 0.435 e. The summed E-state index contributed by atoms with van der Waals surface area (Å²) >= 11 is 4.41. The van der Waals surface area contributed by atoms with Gasteiger partial charge in [0.15, 0.2) is 0 Å². The molecule has 0 fully saturated rings. The lowest BCUT2D eigenvalue weighted by Crippen LogP contribution is -2.43. The number of aliphatic hydroxyl groups is 1. The molecule has 0 spiro atoms. The summed E-state index contributed by atoms with van der Waals surface area (Å²) in [5.74, 6) is 0. The molecule has 7 heteroatoms. The van der Waals surface area contributed by atoms with Crippen molar-refractivity contribution in [3.63, 3.8) is 0 Å². The zero-order chi connectivity index (χ0) is 10.2. The van der Waals surface area contributed by atoms with Crippen LogP contribution in [-0.4, -0.2) is 22.8 Å². The SMILES string of the molecule is C=C(C(F)F)C(O)(Cl)C(F)(F)F. The average Bonchev–Trinajstić information content (AvgIpc) is 1.83. The molecule has 0 bridgehead atoms. The second kappa shape index (κ2) is 3.18. The molecule has 0 radical (unpaired) electrons. The molecule has 0 aromatic carbocycles. The van der Waals surface area contributed by atoms with Crippen molar-refractivity contribution < 1.29 is 27.1 Å². The van der Waals surface area contributed by atoms with Crippen LogP contribution in [0, 0.1) is 0 Å². The van der Waals surface area contributed by atoms with E-state index in [2.05, 4.69) is 18.2 Å². The summed E-state index contributed by atoms with van der Waals surface area (Å²) in [5, 5.41) is 4.30. The van der Waals surface area contributed by atoms with Crippen LogP contribution in [0.4, 0.5) is 22.0 Å². The molecule has 0 aliphatic heterocycles. The Morgan fingerprint density at radius 1 is 1.33 bits per heavy atom. The van der Waals surface area contributed by atoms with E-state index >= 15 is 0 Å². The Bertz CT molecular complexity index is 185. The second-order valence-electron chi connectivity index (χ2n) is 1.95. The number of rotatable bonds is 2. The van der Waals surface area contributed by atoms with E-state index in [1.165, 1.54) is 0 Å². The molecule has 0 aliphatic carbocycles. The van der Waals surface area contributed by atoms with E-state index in [0.717, 1.165) is 0 Å². The van der Waals surface area contributed by atoms with Crippen molar-refractivity contribution in [1.82, 2.24) is 0 Å². The number of hydrogen-bond acceptors (Lipinski definition) is 1. The summed E-state index contributed by atoms with van der Waals surface area (Å²) in [5.41, 5.74) is -1.78. The van der Waals surface area contributed by atoms with Gasteiger partial charge in [0.05, 0.1) is 0 Å². The third kappa shape index (κ3) is 2.07. The highest BCUT2D eigenvalue weighted by molar-refractivity contribution is 6.25. The molecule has 0 heterocycles. The summed E-state index contributed by atoms with van der Waals surface area (Å²) in [6.45, 7) is 2.34. The fraction of sp³-hybridized carbons (Fsp3) is 0.600. The fourth-order valence-corrected chi connectivity index (χ4v) is 0.409. The van der Waals surface area contributed by atoms with Crippen LogP contribution in [-0.2, 0) is 0 Å². The van der Waals surface area contributed by atoms with Gasteiger partial charge in [-0.2, -0.15) is 13.2 Å². The highest BCUT2D eigenvalue weighted by Gasteiger charge is 2.56. The van der Waals surface area contributed by atoms with Crippen LogP contribution in [0.5, 0.6) is 0 Å². The minimum atomic E-state index is -5.36. The van der Waals surface area contributed by atoms with Crippen LogP contribution >= 0.6 is 11.6 Å². The van der Waals surface area contributed by atoms with Gasteiger partial charge in [-0.3, -0.25) is 0 Å². The maximum atomic E-state index is 11.7. The molecular formula is C5H4ClF5O. The molecule has 1 unspecified atom stereocenters. The highest BCUT2D eigenvalue weighted by atomic mass is 35.5. The molecule has 1 atom stereocenters. The molecular weight excluding hydrogens is 206 g/mol. The van der Waals surface area contributed by atoms with Crippen molar-refractivity contribution in [3.05, 3.63) is 12.2 Å². The van der Waals surface area contributed by atoms with E-state index in [0.29, 0.717) is 0 Å². The molecule has 0 amide bonds. The first kappa shape index (κ1) is 11.6. The monoisotopic (exact) mass is 210 g/mol. The molecule has 1 N–H and O–H groups in total. The Morgan fingerprint density at radius 2 is 1.67 bits per heavy atom. The van der Waals surface area contributed by atoms with Crippen molar-refractivity contribution in [2.45, 2.75) is 17.7 Å². The van der Waals surface area contributed by atoms with E-state index in [1.807, 2.05) is 0 Å². The molecule has 12 heavy (non-hydrogen) atoms. The lowest BCUT2D eigenvalue weighted by Gasteiger charge is -2.25. The van der Waals surface area contributed by atoms with E-state index in [9.17, 15) is 22.0 Å². The smallest absolute Gasteiger partial charge is 0.364 e. The van der Waals surface area contributed by atoms with Gasteiger partial charge < -0.3 is 5.11 Å². The van der Waals surface area contributed by atoms with E-state index in [-0.39, 0.29) is 0 Å². The van der Waals surface area contributed by atoms with E-state index in [1.54, 1.807) is 0 Å². The Balaban J connectivity index is 4.74. The van der Waals surface area contributed by atoms with Gasteiger partial charge in [-0.25, -0.2) is 8.78 Å². The van der Waals surface area contributed by atoms with Crippen molar-refractivity contribution in [2.75, 3.05) is 0 Å². The Labute approximate surface area is 69.4 Å². The predicted octanol–water partition coefficient (Wildman–Crippen LogP) is 2.30. The van der Waals surface area contributed by atoms with E-state index in [4.69, 9.17) is 5.11 Å². The minimum Gasteiger partial charge on any atom is -0.364 e. The zero-order valence-electron chi connectivity index (χ0n) is 5.50. The summed E-state index contributed by atoms with van der Waals surface area (Å²) in [7, 11) is 0. The molecule has 0 saturated heterocycles. The summed E-state index contributed by atoms with van der Waals surface area (Å²) in [6.07, 6.45) is -8.88.